The first-order valence-electron chi connectivity index (χ1n) is 9.80. The van der Waals surface area contributed by atoms with E-state index in [1.54, 1.807) is 0 Å². The summed E-state index contributed by atoms with van der Waals surface area (Å²) in [6.07, 6.45) is 8.85. The van der Waals surface area contributed by atoms with Crippen LogP contribution in [0.3, 0.4) is 0 Å². The third kappa shape index (κ3) is 4.68. The van der Waals surface area contributed by atoms with Crippen LogP contribution in [0.15, 0.2) is 18.5 Å². The SMILES string of the molecule is CCCCn1cc(CN2CCC[C@H]2c2nccc(CN(C)C)n2)c(C)n1. The highest BCUT2D eigenvalue weighted by molar-refractivity contribution is 5.16. The second kappa shape index (κ2) is 8.73. The standard InChI is InChI=1S/C20H32N6/c1-5-6-12-26-14-17(16(2)23-26)13-25-11-7-8-19(25)20-21-10-9-18(22-20)15-24(3)4/h9-10,14,19H,5-8,11-13,15H2,1-4H3/t19-/m0/s1. The second-order valence-electron chi connectivity index (χ2n) is 7.63. The minimum atomic E-state index is 0.315. The molecule has 1 fully saturated rings. The zero-order valence-corrected chi connectivity index (χ0v) is 16.6. The number of hydrogen-bond donors (Lipinski definition) is 0. The lowest BCUT2D eigenvalue weighted by Gasteiger charge is -2.23. The molecular weight excluding hydrogens is 324 g/mol. The van der Waals surface area contributed by atoms with Gasteiger partial charge < -0.3 is 4.90 Å². The molecule has 1 atom stereocenters. The number of unbranched alkanes of at least 4 members (excludes halogenated alkanes) is 1. The number of aromatic nitrogens is 4. The molecule has 6 heteroatoms. The van der Waals surface area contributed by atoms with Crippen molar-refractivity contribution < 1.29 is 0 Å². The van der Waals surface area contributed by atoms with Crippen LogP contribution in [0.4, 0.5) is 0 Å². The third-order valence-corrected chi connectivity index (χ3v) is 5.03. The van der Waals surface area contributed by atoms with Crippen LogP contribution < -0.4 is 0 Å². The highest BCUT2D eigenvalue weighted by Gasteiger charge is 2.29. The molecule has 0 unspecified atom stereocenters. The van der Waals surface area contributed by atoms with Crippen LogP contribution in [-0.2, 0) is 19.6 Å². The largest absolute Gasteiger partial charge is 0.304 e. The smallest absolute Gasteiger partial charge is 0.145 e. The van der Waals surface area contributed by atoms with Crippen LogP contribution in [0.2, 0.25) is 0 Å². The molecule has 1 aliphatic heterocycles. The summed E-state index contributed by atoms with van der Waals surface area (Å²) in [6.45, 7) is 8.24. The molecule has 1 saturated heterocycles. The van der Waals surface area contributed by atoms with Crippen molar-refractivity contribution in [1.29, 1.82) is 0 Å². The van der Waals surface area contributed by atoms with Gasteiger partial charge in [0.1, 0.15) is 5.82 Å². The molecule has 0 aliphatic carbocycles. The molecule has 0 spiro atoms. The van der Waals surface area contributed by atoms with Crippen molar-refractivity contribution in [1.82, 2.24) is 29.5 Å². The lowest BCUT2D eigenvalue weighted by atomic mass is 10.2. The Hall–Kier alpha value is -1.79. The molecule has 2 aromatic rings. The highest BCUT2D eigenvalue weighted by Crippen LogP contribution is 2.31. The van der Waals surface area contributed by atoms with Crippen molar-refractivity contribution >= 4 is 0 Å². The van der Waals surface area contributed by atoms with Crippen LogP contribution in [0, 0.1) is 6.92 Å². The Kier molecular flexibility index (Phi) is 6.38. The van der Waals surface area contributed by atoms with Gasteiger partial charge in [-0.05, 0) is 52.9 Å². The molecule has 3 heterocycles. The van der Waals surface area contributed by atoms with E-state index in [0.29, 0.717) is 6.04 Å². The van der Waals surface area contributed by atoms with Crippen molar-refractivity contribution in [2.75, 3.05) is 20.6 Å². The van der Waals surface area contributed by atoms with Gasteiger partial charge in [-0.3, -0.25) is 9.58 Å². The van der Waals surface area contributed by atoms with Crippen molar-refractivity contribution in [3.05, 3.63) is 41.2 Å². The van der Waals surface area contributed by atoms with E-state index < -0.39 is 0 Å². The summed E-state index contributed by atoms with van der Waals surface area (Å²) in [5, 5.41) is 4.69. The van der Waals surface area contributed by atoms with E-state index in [1.807, 2.05) is 12.3 Å². The molecule has 0 saturated carbocycles. The predicted molar refractivity (Wildman–Crippen MR) is 104 cm³/mol. The summed E-state index contributed by atoms with van der Waals surface area (Å²) in [4.78, 5) is 14.1. The molecule has 2 aromatic heterocycles. The monoisotopic (exact) mass is 356 g/mol. The maximum absolute atomic E-state index is 4.84. The maximum atomic E-state index is 4.84. The molecule has 0 aromatic carbocycles. The molecule has 0 bridgehead atoms. The summed E-state index contributed by atoms with van der Waals surface area (Å²) in [5.74, 6) is 0.970. The van der Waals surface area contributed by atoms with Crippen LogP contribution in [-0.4, -0.2) is 50.2 Å². The molecular formula is C20H32N6. The number of likely N-dealkylation sites (tertiary alicyclic amines) is 1. The third-order valence-electron chi connectivity index (χ3n) is 5.03. The Morgan fingerprint density at radius 3 is 2.92 bits per heavy atom. The maximum Gasteiger partial charge on any atom is 0.145 e. The molecule has 142 valence electrons. The predicted octanol–water partition coefficient (Wildman–Crippen LogP) is 3.18. The van der Waals surface area contributed by atoms with Crippen LogP contribution in [0.25, 0.3) is 0 Å². The summed E-state index contributed by atoms with van der Waals surface area (Å²) in [6, 6.07) is 2.33. The fraction of sp³-hybridized carbons (Fsp3) is 0.650. The molecule has 0 amide bonds. The molecule has 0 N–H and O–H groups in total. The zero-order valence-electron chi connectivity index (χ0n) is 16.6. The Morgan fingerprint density at radius 2 is 2.15 bits per heavy atom. The molecule has 26 heavy (non-hydrogen) atoms. The van der Waals surface area contributed by atoms with Crippen LogP contribution in [0.1, 0.15) is 61.4 Å². The van der Waals surface area contributed by atoms with Gasteiger partial charge in [-0.1, -0.05) is 13.3 Å². The molecule has 1 aliphatic rings. The fourth-order valence-electron chi connectivity index (χ4n) is 3.66. The zero-order chi connectivity index (χ0) is 18.5. The number of rotatable bonds is 8. The molecule has 6 nitrogen and oxygen atoms in total. The van der Waals surface area contributed by atoms with Gasteiger partial charge >= 0.3 is 0 Å². The average molecular weight is 357 g/mol. The van der Waals surface area contributed by atoms with E-state index in [4.69, 9.17) is 4.98 Å². The Bertz CT molecular complexity index is 708. The van der Waals surface area contributed by atoms with E-state index in [0.717, 1.165) is 49.8 Å². The van der Waals surface area contributed by atoms with E-state index in [9.17, 15) is 0 Å². The fourth-order valence-corrected chi connectivity index (χ4v) is 3.66. The lowest BCUT2D eigenvalue weighted by Crippen LogP contribution is -2.25. The lowest BCUT2D eigenvalue weighted by molar-refractivity contribution is 0.238. The minimum absolute atomic E-state index is 0.315. The Morgan fingerprint density at radius 1 is 1.31 bits per heavy atom. The van der Waals surface area contributed by atoms with Crippen LogP contribution >= 0.6 is 0 Å². The van der Waals surface area contributed by atoms with E-state index in [2.05, 4.69) is 58.7 Å². The Balaban J connectivity index is 1.72. The number of nitrogens with zero attached hydrogens (tertiary/aromatic N) is 6. The van der Waals surface area contributed by atoms with E-state index in [-0.39, 0.29) is 0 Å². The summed E-state index contributed by atoms with van der Waals surface area (Å²) >= 11 is 0. The summed E-state index contributed by atoms with van der Waals surface area (Å²) < 4.78 is 2.10. The second-order valence-corrected chi connectivity index (χ2v) is 7.63. The highest BCUT2D eigenvalue weighted by atomic mass is 15.3. The first-order chi connectivity index (χ1) is 12.6. The van der Waals surface area contributed by atoms with Gasteiger partial charge in [0, 0.05) is 37.6 Å². The first-order valence-corrected chi connectivity index (χ1v) is 9.80. The topological polar surface area (TPSA) is 50.1 Å². The molecule has 3 rings (SSSR count). The first kappa shape index (κ1) is 19.0. The normalized spacial score (nSPS) is 18.1. The summed E-state index contributed by atoms with van der Waals surface area (Å²) in [5.41, 5.74) is 3.57. The Labute approximate surface area is 157 Å². The van der Waals surface area contributed by atoms with Gasteiger partial charge in [0.05, 0.1) is 17.4 Å². The molecule has 0 radical (unpaired) electrons. The van der Waals surface area contributed by atoms with Gasteiger partial charge in [0.25, 0.3) is 0 Å². The van der Waals surface area contributed by atoms with Gasteiger partial charge in [-0.2, -0.15) is 5.10 Å². The van der Waals surface area contributed by atoms with E-state index >= 15 is 0 Å². The number of aryl methyl sites for hydroxylation is 2. The quantitative estimate of drug-likeness (QED) is 0.727. The van der Waals surface area contributed by atoms with Gasteiger partial charge in [-0.15, -0.1) is 0 Å². The van der Waals surface area contributed by atoms with Gasteiger partial charge in [0.2, 0.25) is 0 Å². The minimum Gasteiger partial charge on any atom is -0.304 e. The van der Waals surface area contributed by atoms with Crippen LogP contribution in [0.5, 0.6) is 0 Å². The van der Waals surface area contributed by atoms with Crippen molar-refractivity contribution in [2.45, 2.75) is 65.2 Å². The van der Waals surface area contributed by atoms with Gasteiger partial charge in [0.15, 0.2) is 0 Å². The van der Waals surface area contributed by atoms with E-state index in [1.165, 1.54) is 24.8 Å². The van der Waals surface area contributed by atoms with Crippen molar-refractivity contribution in [3.8, 4) is 0 Å². The van der Waals surface area contributed by atoms with Gasteiger partial charge in [-0.25, -0.2) is 9.97 Å². The van der Waals surface area contributed by atoms with Crippen molar-refractivity contribution in [3.63, 3.8) is 0 Å². The van der Waals surface area contributed by atoms with Crippen molar-refractivity contribution in [2.24, 2.45) is 0 Å². The number of hydrogen-bond acceptors (Lipinski definition) is 5. The average Bonchev–Trinajstić information content (AvgIpc) is 3.20. The summed E-state index contributed by atoms with van der Waals surface area (Å²) in [7, 11) is 4.14.